The van der Waals surface area contributed by atoms with Crippen LogP contribution in [0.15, 0.2) is 60.8 Å². The Labute approximate surface area is 213 Å². The van der Waals surface area contributed by atoms with E-state index in [-0.39, 0.29) is 5.69 Å². The number of morpholine rings is 1. The molecule has 0 amide bonds. The summed E-state index contributed by atoms with van der Waals surface area (Å²) in [7, 11) is 0. The fourth-order valence-corrected chi connectivity index (χ4v) is 4.56. The molecule has 9 heteroatoms. The number of halogens is 3. The fourth-order valence-electron chi connectivity index (χ4n) is 4.56. The predicted molar refractivity (Wildman–Crippen MR) is 137 cm³/mol. The molecule has 6 nitrogen and oxygen atoms in total. The zero-order valence-electron chi connectivity index (χ0n) is 20.6. The van der Waals surface area contributed by atoms with Gasteiger partial charge in [-0.1, -0.05) is 30.3 Å². The molecule has 37 heavy (non-hydrogen) atoms. The average Bonchev–Trinajstić information content (AvgIpc) is 2.89. The highest BCUT2D eigenvalue weighted by Gasteiger charge is 2.34. The van der Waals surface area contributed by atoms with E-state index in [9.17, 15) is 13.2 Å². The maximum absolute atomic E-state index is 13.7. The van der Waals surface area contributed by atoms with Gasteiger partial charge in [-0.05, 0) is 48.7 Å². The molecule has 2 aromatic carbocycles. The summed E-state index contributed by atoms with van der Waals surface area (Å²) in [5, 5.41) is 4.20. The third-order valence-corrected chi connectivity index (χ3v) is 6.55. The summed E-state index contributed by atoms with van der Waals surface area (Å²) in [6, 6.07) is 15.7. The maximum Gasteiger partial charge on any atom is 0.418 e. The van der Waals surface area contributed by atoms with Gasteiger partial charge in [0.2, 0.25) is 0 Å². The first-order chi connectivity index (χ1) is 17.9. The van der Waals surface area contributed by atoms with E-state index in [4.69, 9.17) is 14.7 Å². The van der Waals surface area contributed by atoms with Gasteiger partial charge in [-0.25, -0.2) is 9.97 Å². The molecule has 0 bridgehead atoms. The minimum absolute atomic E-state index is 0.112. The first-order valence-corrected chi connectivity index (χ1v) is 12.3. The largest absolute Gasteiger partial charge is 0.418 e. The lowest BCUT2D eigenvalue weighted by molar-refractivity contribution is -0.137. The van der Waals surface area contributed by atoms with E-state index in [0.717, 1.165) is 31.0 Å². The van der Waals surface area contributed by atoms with E-state index in [1.165, 1.54) is 23.4 Å². The van der Waals surface area contributed by atoms with Gasteiger partial charge in [-0.15, -0.1) is 0 Å². The molecule has 0 radical (unpaired) electrons. The topological polar surface area (TPSA) is 63.2 Å². The summed E-state index contributed by atoms with van der Waals surface area (Å²) in [5.74, 6) is 1.28. The van der Waals surface area contributed by atoms with Gasteiger partial charge >= 0.3 is 6.18 Å². The number of alkyl halides is 3. The number of pyridine rings is 1. The van der Waals surface area contributed by atoms with Crippen molar-refractivity contribution in [3.8, 4) is 11.3 Å². The number of aryl methyl sites for hydroxylation is 1. The number of ether oxygens (including phenoxy) is 1. The first kappa shape index (κ1) is 25.1. The fraction of sp³-hybridized carbons (Fsp3) is 0.321. The highest BCUT2D eigenvalue weighted by Crippen LogP contribution is 2.36. The van der Waals surface area contributed by atoms with Gasteiger partial charge < -0.3 is 10.1 Å². The molecule has 0 unspecified atom stereocenters. The van der Waals surface area contributed by atoms with Crippen LogP contribution in [0.25, 0.3) is 22.2 Å². The van der Waals surface area contributed by atoms with Crippen LogP contribution >= 0.6 is 0 Å². The Morgan fingerprint density at radius 2 is 1.81 bits per heavy atom. The third-order valence-electron chi connectivity index (χ3n) is 6.55. The molecule has 1 N–H and O–H groups in total. The molecule has 0 atom stereocenters. The monoisotopic (exact) mass is 507 g/mol. The van der Waals surface area contributed by atoms with Gasteiger partial charge in [0.15, 0.2) is 0 Å². The predicted octanol–water partition coefficient (Wildman–Crippen LogP) is 5.51. The second-order valence-electron chi connectivity index (χ2n) is 9.11. The summed E-state index contributed by atoms with van der Waals surface area (Å²) in [6.07, 6.45) is -2.32. The summed E-state index contributed by atoms with van der Waals surface area (Å²) in [4.78, 5) is 15.8. The number of aromatic nitrogens is 3. The zero-order chi connectivity index (χ0) is 25.8. The lowest BCUT2D eigenvalue weighted by atomic mass is 10.0. The Bertz CT molecular complexity index is 1390. The highest BCUT2D eigenvalue weighted by molar-refractivity contribution is 5.92. The van der Waals surface area contributed by atoms with E-state index in [1.807, 2.05) is 12.1 Å². The number of hydrogen-bond acceptors (Lipinski definition) is 6. The van der Waals surface area contributed by atoms with Crippen LogP contribution in [0.4, 0.5) is 19.0 Å². The molecule has 4 aromatic rings. The molecule has 0 saturated carbocycles. The molecule has 1 aliphatic rings. The van der Waals surface area contributed by atoms with Crippen LogP contribution in [-0.4, -0.2) is 52.7 Å². The van der Waals surface area contributed by atoms with Gasteiger partial charge in [0.25, 0.3) is 0 Å². The van der Waals surface area contributed by atoms with Gasteiger partial charge in [0.05, 0.1) is 36.5 Å². The number of rotatable bonds is 7. The number of nitrogens with one attached hydrogen (secondary N) is 1. The van der Waals surface area contributed by atoms with Crippen LogP contribution < -0.4 is 5.32 Å². The standard InChI is InChI=1S/C28H28F3N5O/c1-19-5-2-3-6-20(19)10-12-33-27-22-9-8-21(26-23(28(29,30)31)7-4-11-32-26)17-24(22)34-25(35-27)18-36-13-15-37-16-14-36/h2-9,11,17H,10,12-16,18H2,1H3,(H,33,34,35). The molecule has 1 aliphatic heterocycles. The average molecular weight is 508 g/mol. The van der Waals surface area contributed by atoms with E-state index in [0.29, 0.717) is 49.0 Å². The quantitative estimate of drug-likeness (QED) is 0.356. The van der Waals surface area contributed by atoms with Gasteiger partial charge in [-0.2, -0.15) is 13.2 Å². The van der Waals surface area contributed by atoms with Crippen molar-refractivity contribution < 1.29 is 17.9 Å². The van der Waals surface area contributed by atoms with Crippen LogP contribution in [0.2, 0.25) is 0 Å². The van der Waals surface area contributed by atoms with Crippen LogP contribution in [0.1, 0.15) is 22.5 Å². The molecule has 3 heterocycles. The van der Waals surface area contributed by atoms with Crippen LogP contribution in [0.3, 0.4) is 0 Å². The molecule has 1 fully saturated rings. The Balaban J connectivity index is 1.50. The van der Waals surface area contributed by atoms with E-state index in [1.54, 1.807) is 18.2 Å². The molecule has 0 aliphatic carbocycles. The van der Waals surface area contributed by atoms with E-state index in [2.05, 4.69) is 34.3 Å². The van der Waals surface area contributed by atoms with E-state index < -0.39 is 11.7 Å². The van der Waals surface area contributed by atoms with Crippen molar-refractivity contribution in [2.75, 3.05) is 38.2 Å². The number of benzene rings is 2. The first-order valence-electron chi connectivity index (χ1n) is 12.3. The van der Waals surface area contributed by atoms with Crippen molar-refractivity contribution >= 4 is 16.7 Å². The lowest BCUT2D eigenvalue weighted by Gasteiger charge is -2.26. The normalized spacial score (nSPS) is 14.7. The van der Waals surface area contributed by atoms with Crippen molar-refractivity contribution in [3.05, 3.63) is 83.3 Å². The van der Waals surface area contributed by atoms with Crippen molar-refractivity contribution in [2.45, 2.75) is 26.1 Å². The minimum atomic E-state index is -4.51. The summed E-state index contributed by atoms with van der Waals surface area (Å²) < 4.78 is 46.4. The molecule has 0 spiro atoms. The number of hydrogen-bond donors (Lipinski definition) is 1. The molecular formula is C28H28F3N5O. The molecule has 192 valence electrons. The summed E-state index contributed by atoms with van der Waals surface area (Å²) >= 11 is 0. The van der Waals surface area contributed by atoms with Gasteiger partial charge in [0.1, 0.15) is 11.6 Å². The minimum Gasteiger partial charge on any atom is -0.379 e. The highest BCUT2D eigenvalue weighted by atomic mass is 19.4. The lowest BCUT2D eigenvalue weighted by Crippen LogP contribution is -2.36. The summed E-state index contributed by atoms with van der Waals surface area (Å²) in [6.45, 7) is 6.14. The molecule has 5 rings (SSSR count). The zero-order valence-corrected chi connectivity index (χ0v) is 20.6. The smallest absolute Gasteiger partial charge is 0.379 e. The number of anilines is 1. The number of nitrogens with zero attached hydrogens (tertiary/aromatic N) is 4. The SMILES string of the molecule is Cc1ccccc1CCNc1nc(CN2CCOCC2)nc2cc(-c3ncccc3C(F)(F)F)ccc12. The molecular weight excluding hydrogens is 479 g/mol. The maximum atomic E-state index is 13.7. The van der Waals surface area contributed by atoms with E-state index >= 15 is 0 Å². The molecule has 2 aromatic heterocycles. The summed E-state index contributed by atoms with van der Waals surface area (Å²) in [5.41, 5.74) is 2.53. The van der Waals surface area contributed by atoms with Crippen molar-refractivity contribution in [2.24, 2.45) is 0 Å². The van der Waals surface area contributed by atoms with Crippen molar-refractivity contribution in [3.63, 3.8) is 0 Å². The Hall–Kier alpha value is -3.56. The van der Waals surface area contributed by atoms with Crippen LogP contribution in [0, 0.1) is 6.92 Å². The Morgan fingerprint density at radius 1 is 1.00 bits per heavy atom. The van der Waals surface area contributed by atoms with Crippen LogP contribution in [0.5, 0.6) is 0 Å². The second kappa shape index (κ2) is 10.8. The Kier molecular flexibility index (Phi) is 7.34. The molecule has 1 saturated heterocycles. The number of fused-ring (bicyclic) bond motifs is 1. The second-order valence-corrected chi connectivity index (χ2v) is 9.11. The van der Waals surface area contributed by atoms with Gasteiger partial charge in [-0.3, -0.25) is 9.88 Å². The van der Waals surface area contributed by atoms with Crippen LogP contribution in [-0.2, 0) is 23.9 Å². The van der Waals surface area contributed by atoms with Crippen molar-refractivity contribution in [1.82, 2.24) is 19.9 Å². The third kappa shape index (κ3) is 5.89. The Morgan fingerprint density at radius 3 is 2.59 bits per heavy atom. The van der Waals surface area contributed by atoms with Gasteiger partial charge in [0, 0.05) is 36.8 Å². The van der Waals surface area contributed by atoms with Crippen molar-refractivity contribution in [1.29, 1.82) is 0 Å².